The summed E-state index contributed by atoms with van der Waals surface area (Å²) >= 11 is 0. The number of ether oxygens (including phenoxy) is 2. The van der Waals surface area contributed by atoms with Crippen LogP contribution in [0.2, 0.25) is 0 Å². The molecule has 2 aromatic carbocycles. The van der Waals surface area contributed by atoms with Gasteiger partial charge >= 0.3 is 6.09 Å². The Bertz CT molecular complexity index is 1200. The van der Waals surface area contributed by atoms with Gasteiger partial charge in [-0.1, -0.05) is 60.7 Å². The lowest BCUT2D eigenvalue weighted by Crippen LogP contribution is -2.73. The maximum atomic E-state index is 14.0. The molecule has 3 aliphatic rings. The lowest BCUT2D eigenvalue weighted by atomic mass is 9.81. The van der Waals surface area contributed by atoms with Crippen LogP contribution >= 0.6 is 0 Å². The highest BCUT2D eigenvalue weighted by Crippen LogP contribution is 2.34. The molecule has 238 valence electrons. The highest BCUT2D eigenvalue weighted by molar-refractivity contribution is 6.00. The minimum atomic E-state index is -0.798. The number of carbonyl (C=O) groups is 3. The number of morpholine rings is 1. The third kappa shape index (κ3) is 8.58. The average Bonchev–Trinajstić information content (AvgIpc) is 3.07. The number of nitrogens with one attached hydrogen (secondary N) is 2. The minimum absolute atomic E-state index is 0.0191. The summed E-state index contributed by atoms with van der Waals surface area (Å²) in [4.78, 5) is 46.5. The maximum Gasteiger partial charge on any atom is 0.407 e. The molecular weight excluding hydrogens is 558 g/mol. The Morgan fingerprint density at radius 2 is 1.52 bits per heavy atom. The van der Waals surface area contributed by atoms with Crippen LogP contribution < -0.4 is 10.6 Å². The largest absolute Gasteiger partial charge is 0.445 e. The second kappa shape index (κ2) is 16.0. The van der Waals surface area contributed by atoms with Gasteiger partial charge < -0.3 is 29.9 Å². The number of likely N-dealkylation sites (tertiary alicyclic amines) is 1. The summed E-state index contributed by atoms with van der Waals surface area (Å²) in [6, 6.07) is 19.5. The molecule has 3 heterocycles. The smallest absolute Gasteiger partial charge is 0.407 e. The summed E-state index contributed by atoms with van der Waals surface area (Å²) in [5.74, 6) is 0.000210. The van der Waals surface area contributed by atoms with Crippen LogP contribution in [0.15, 0.2) is 60.7 Å². The van der Waals surface area contributed by atoms with Gasteiger partial charge in [-0.15, -0.1) is 0 Å². The lowest BCUT2D eigenvalue weighted by molar-refractivity contribution is -0.162. The second-order valence-corrected chi connectivity index (χ2v) is 12.1. The van der Waals surface area contributed by atoms with E-state index in [0.717, 1.165) is 51.3 Å². The molecule has 3 amide bonds. The van der Waals surface area contributed by atoms with Crippen LogP contribution in [0.5, 0.6) is 0 Å². The molecule has 1 spiro atoms. The molecular formula is C34H47N5O5. The number of piperazine rings is 1. The van der Waals surface area contributed by atoms with Gasteiger partial charge in [-0.05, 0) is 49.7 Å². The van der Waals surface area contributed by atoms with Crippen molar-refractivity contribution >= 4 is 17.9 Å². The normalized spacial score (nSPS) is 20.8. The van der Waals surface area contributed by atoms with Crippen molar-refractivity contribution < 1.29 is 23.9 Å². The third-order valence-corrected chi connectivity index (χ3v) is 9.20. The number of nitrogens with zero attached hydrogens (tertiary/aromatic N) is 3. The van der Waals surface area contributed by atoms with E-state index >= 15 is 0 Å². The zero-order chi connectivity index (χ0) is 30.6. The molecule has 2 N–H and O–H groups in total. The zero-order valence-corrected chi connectivity index (χ0v) is 25.8. The van der Waals surface area contributed by atoms with Crippen molar-refractivity contribution in [1.29, 1.82) is 0 Å². The highest BCUT2D eigenvalue weighted by Gasteiger charge is 2.53. The fourth-order valence-corrected chi connectivity index (χ4v) is 6.48. The number of hydrogen-bond donors (Lipinski definition) is 2. The zero-order valence-electron chi connectivity index (χ0n) is 25.8. The summed E-state index contributed by atoms with van der Waals surface area (Å²) < 4.78 is 10.8. The van der Waals surface area contributed by atoms with E-state index in [0.29, 0.717) is 58.4 Å². The van der Waals surface area contributed by atoms with Crippen molar-refractivity contribution in [1.82, 2.24) is 25.3 Å². The number of piperidine rings is 1. The van der Waals surface area contributed by atoms with Gasteiger partial charge in [-0.2, -0.15) is 0 Å². The monoisotopic (exact) mass is 605 g/mol. The molecule has 10 heteroatoms. The number of alkyl carbamates (subject to hydrolysis) is 1. The molecule has 0 unspecified atom stereocenters. The Kier molecular flexibility index (Phi) is 11.6. The molecule has 3 fully saturated rings. The van der Waals surface area contributed by atoms with Gasteiger partial charge in [0, 0.05) is 52.4 Å². The van der Waals surface area contributed by atoms with Crippen LogP contribution in [0, 0.1) is 0 Å². The molecule has 1 atom stereocenters. The van der Waals surface area contributed by atoms with Gasteiger partial charge in [-0.3, -0.25) is 14.5 Å². The summed E-state index contributed by atoms with van der Waals surface area (Å²) in [5.41, 5.74) is 1.45. The van der Waals surface area contributed by atoms with Crippen LogP contribution in [0.3, 0.4) is 0 Å². The van der Waals surface area contributed by atoms with Crippen LogP contribution in [0.25, 0.3) is 0 Å². The van der Waals surface area contributed by atoms with Gasteiger partial charge in [0.15, 0.2) is 0 Å². The summed E-state index contributed by atoms with van der Waals surface area (Å²) in [5, 5.41) is 5.89. The highest BCUT2D eigenvalue weighted by atomic mass is 16.5. The molecule has 10 nitrogen and oxygen atoms in total. The molecule has 3 aliphatic heterocycles. The second-order valence-electron chi connectivity index (χ2n) is 12.1. The molecule has 5 rings (SSSR count). The lowest BCUT2D eigenvalue weighted by Gasteiger charge is -2.52. The van der Waals surface area contributed by atoms with Gasteiger partial charge in [-0.25, -0.2) is 4.79 Å². The Labute approximate surface area is 261 Å². The predicted octanol–water partition coefficient (Wildman–Crippen LogP) is 2.82. The van der Waals surface area contributed by atoms with Crippen molar-refractivity contribution in [3.05, 3.63) is 71.8 Å². The van der Waals surface area contributed by atoms with Gasteiger partial charge in [0.1, 0.15) is 18.2 Å². The van der Waals surface area contributed by atoms with Crippen LogP contribution in [-0.2, 0) is 32.1 Å². The van der Waals surface area contributed by atoms with Gasteiger partial charge in [0.05, 0.1) is 13.2 Å². The van der Waals surface area contributed by atoms with E-state index in [4.69, 9.17) is 9.47 Å². The van der Waals surface area contributed by atoms with E-state index in [9.17, 15) is 14.4 Å². The number of unbranched alkanes of at least 4 members (excludes halogenated alkanes) is 1. The van der Waals surface area contributed by atoms with Crippen molar-refractivity contribution in [2.45, 2.75) is 56.7 Å². The molecule has 0 bridgehead atoms. The quantitative estimate of drug-likeness (QED) is 0.339. The van der Waals surface area contributed by atoms with Crippen LogP contribution in [-0.4, -0.2) is 110 Å². The fraction of sp³-hybridized carbons (Fsp3) is 0.559. The van der Waals surface area contributed by atoms with Crippen LogP contribution in [0.4, 0.5) is 4.79 Å². The van der Waals surface area contributed by atoms with Crippen molar-refractivity contribution in [2.75, 3.05) is 65.6 Å². The topological polar surface area (TPSA) is 103 Å². The number of rotatable bonds is 13. The van der Waals surface area contributed by atoms with E-state index in [2.05, 4.69) is 44.7 Å². The molecule has 0 radical (unpaired) electrons. The summed E-state index contributed by atoms with van der Waals surface area (Å²) in [6.45, 7) is 7.58. The molecule has 2 aromatic rings. The molecule has 44 heavy (non-hydrogen) atoms. The SMILES string of the molecule is O=C(NCCCC[C@@H]1NC(=O)C2(CCN(CCc3ccccc3)CC2)N(CCN2CCOCC2)C1=O)OCc1ccccc1. The standard InChI is InChI=1S/C34H47N5O5/c40-31-30(13-7-8-17-35-33(42)44-27-29-11-5-2-6-12-29)36-32(41)34(39(31)22-21-38-23-25-43-26-24-38)15-19-37(20-16-34)18-14-28-9-3-1-4-10-28/h1-6,9-12,30H,7-8,13-27H2,(H,35,42)(H,36,41)/t30-/m0/s1. The molecule has 0 aliphatic carbocycles. The first-order valence-electron chi connectivity index (χ1n) is 16.2. The van der Waals surface area contributed by atoms with E-state index in [1.807, 2.05) is 41.3 Å². The summed E-state index contributed by atoms with van der Waals surface area (Å²) in [6.07, 6.45) is 3.74. The number of hydrogen-bond acceptors (Lipinski definition) is 7. The Morgan fingerprint density at radius 3 is 2.23 bits per heavy atom. The Hall–Kier alpha value is -3.47. The average molecular weight is 606 g/mol. The third-order valence-electron chi connectivity index (χ3n) is 9.20. The van der Waals surface area contributed by atoms with Crippen molar-refractivity contribution in [2.24, 2.45) is 0 Å². The Balaban J connectivity index is 1.12. The number of carbonyl (C=O) groups excluding carboxylic acids is 3. The molecule has 0 saturated carbocycles. The molecule has 0 aromatic heterocycles. The van der Waals surface area contributed by atoms with E-state index in [-0.39, 0.29) is 18.4 Å². The Morgan fingerprint density at radius 1 is 0.864 bits per heavy atom. The first-order valence-corrected chi connectivity index (χ1v) is 16.2. The van der Waals surface area contributed by atoms with Gasteiger partial charge in [0.25, 0.3) is 0 Å². The first kappa shape index (κ1) is 31.9. The number of amides is 3. The minimum Gasteiger partial charge on any atom is -0.445 e. The van der Waals surface area contributed by atoms with Gasteiger partial charge in [0.2, 0.25) is 11.8 Å². The van der Waals surface area contributed by atoms with E-state index in [1.54, 1.807) is 0 Å². The number of benzene rings is 2. The van der Waals surface area contributed by atoms with E-state index < -0.39 is 17.7 Å². The predicted molar refractivity (Wildman–Crippen MR) is 168 cm³/mol. The fourth-order valence-electron chi connectivity index (χ4n) is 6.48. The van der Waals surface area contributed by atoms with E-state index in [1.165, 1.54) is 5.56 Å². The maximum absolute atomic E-state index is 14.0. The molecule has 3 saturated heterocycles. The van der Waals surface area contributed by atoms with Crippen LogP contribution in [0.1, 0.15) is 43.2 Å². The van der Waals surface area contributed by atoms with Crippen molar-refractivity contribution in [3.63, 3.8) is 0 Å². The van der Waals surface area contributed by atoms with Crippen molar-refractivity contribution in [3.8, 4) is 0 Å². The first-order chi connectivity index (χ1) is 21.5. The summed E-state index contributed by atoms with van der Waals surface area (Å²) in [7, 11) is 0.